The van der Waals surface area contributed by atoms with Gasteiger partial charge in [0.2, 0.25) is 10.0 Å². The summed E-state index contributed by atoms with van der Waals surface area (Å²) in [6.07, 6.45) is 1.27. The Hall–Kier alpha value is -3.66. The van der Waals surface area contributed by atoms with E-state index in [4.69, 9.17) is 4.18 Å². The van der Waals surface area contributed by atoms with Crippen molar-refractivity contribution in [3.05, 3.63) is 92.4 Å². The first kappa shape index (κ1) is 30.9. The van der Waals surface area contributed by atoms with Crippen LogP contribution in [0, 0.1) is 23.0 Å². The molecular weight excluding hydrogens is 628 g/mol. The molecule has 0 fully saturated rings. The van der Waals surface area contributed by atoms with Crippen LogP contribution < -0.4 is 14.3 Å². The molecule has 2 N–H and O–H groups in total. The first-order valence-electron chi connectivity index (χ1n) is 11.6. The summed E-state index contributed by atoms with van der Waals surface area (Å²) in [4.78, 5) is 22.6. The Morgan fingerprint density at radius 3 is 2.30 bits per heavy atom. The molecule has 3 rings (SSSR count). The standard InChI is InChI=1S/C25H25BrN4O8S2/c1-16(2)24(29-39(34,35)20-10-7-17(3)8-11-20)25(31)28-27-15-18-9-12-23(22(26)13-18)38-40(36,37)21-6-4-5-19(14-21)30(32)33/h4-16,24,29H,1-3H3,(H,28,31)/b27-15-/t24-/m1/s1. The summed E-state index contributed by atoms with van der Waals surface area (Å²) >= 11 is 3.21. The van der Waals surface area contributed by atoms with E-state index in [0.717, 1.165) is 17.7 Å². The number of nitro groups is 1. The van der Waals surface area contributed by atoms with Crippen LogP contribution in [0.5, 0.6) is 5.75 Å². The summed E-state index contributed by atoms with van der Waals surface area (Å²) in [5.74, 6) is -1.16. The fraction of sp³-hybridized carbons (Fsp3) is 0.200. The average Bonchev–Trinajstić information content (AvgIpc) is 2.89. The van der Waals surface area contributed by atoms with Crippen LogP contribution >= 0.6 is 15.9 Å². The smallest absolute Gasteiger partial charge is 0.339 e. The zero-order valence-electron chi connectivity index (χ0n) is 21.4. The molecule has 0 aliphatic heterocycles. The van der Waals surface area contributed by atoms with Gasteiger partial charge in [-0.1, -0.05) is 37.6 Å². The van der Waals surface area contributed by atoms with Gasteiger partial charge in [-0.25, -0.2) is 13.8 Å². The third-order valence-electron chi connectivity index (χ3n) is 5.42. The highest BCUT2D eigenvalue weighted by molar-refractivity contribution is 9.10. The molecular formula is C25H25BrN4O8S2. The summed E-state index contributed by atoms with van der Waals surface area (Å²) in [7, 11) is -8.33. The summed E-state index contributed by atoms with van der Waals surface area (Å²) in [5, 5.41) is 14.8. The summed E-state index contributed by atoms with van der Waals surface area (Å²) in [6.45, 7) is 5.19. The lowest BCUT2D eigenvalue weighted by atomic mass is 10.1. The fourth-order valence-electron chi connectivity index (χ4n) is 3.27. The molecule has 3 aromatic rings. The molecule has 0 unspecified atom stereocenters. The van der Waals surface area contributed by atoms with E-state index in [2.05, 4.69) is 31.2 Å². The van der Waals surface area contributed by atoms with Gasteiger partial charge >= 0.3 is 10.1 Å². The average molecular weight is 654 g/mol. The van der Waals surface area contributed by atoms with E-state index >= 15 is 0 Å². The lowest BCUT2D eigenvalue weighted by molar-refractivity contribution is -0.385. The van der Waals surface area contributed by atoms with Gasteiger partial charge in [-0.05, 0) is 70.7 Å². The number of rotatable bonds is 11. The minimum absolute atomic E-state index is 0.0275. The maximum atomic E-state index is 12.7. The molecule has 212 valence electrons. The van der Waals surface area contributed by atoms with Crippen molar-refractivity contribution in [3.8, 4) is 5.75 Å². The number of aryl methyl sites for hydroxylation is 1. The Labute approximate surface area is 239 Å². The van der Waals surface area contributed by atoms with Gasteiger partial charge in [0, 0.05) is 12.1 Å². The molecule has 0 aromatic heterocycles. The van der Waals surface area contributed by atoms with Crippen LogP contribution in [0.25, 0.3) is 0 Å². The molecule has 0 radical (unpaired) electrons. The molecule has 0 heterocycles. The van der Waals surface area contributed by atoms with E-state index < -0.39 is 48.6 Å². The number of benzene rings is 3. The van der Waals surface area contributed by atoms with E-state index in [9.17, 15) is 31.7 Å². The molecule has 0 aliphatic rings. The second-order valence-corrected chi connectivity index (χ2v) is 13.0. The number of nitrogens with one attached hydrogen (secondary N) is 2. The topological polar surface area (TPSA) is 174 Å². The van der Waals surface area contributed by atoms with E-state index in [0.29, 0.717) is 5.56 Å². The highest BCUT2D eigenvalue weighted by Gasteiger charge is 2.28. The van der Waals surface area contributed by atoms with Crippen molar-refractivity contribution in [1.82, 2.24) is 10.1 Å². The minimum Gasteiger partial charge on any atom is -0.378 e. The number of nitrogens with zero attached hydrogens (tertiary/aromatic N) is 2. The highest BCUT2D eigenvalue weighted by Crippen LogP contribution is 2.29. The van der Waals surface area contributed by atoms with E-state index in [1.54, 1.807) is 26.0 Å². The van der Waals surface area contributed by atoms with Gasteiger partial charge in [-0.15, -0.1) is 0 Å². The third kappa shape index (κ3) is 7.94. The normalized spacial score (nSPS) is 12.8. The molecule has 0 saturated carbocycles. The van der Waals surface area contributed by atoms with Gasteiger partial charge in [-0.2, -0.15) is 18.2 Å². The quantitative estimate of drug-likeness (QED) is 0.136. The number of sulfonamides is 1. The van der Waals surface area contributed by atoms with Crippen molar-refractivity contribution in [2.24, 2.45) is 11.0 Å². The van der Waals surface area contributed by atoms with Gasteiger partial charge in [0.1, 0.15) is 10.9 Å². The predicted octanol–water partition coefficient (Wildman–Crippen LogP) is 3.89. The summed E-state index contributed by atoms with van der Waals surface area (Å²) in [6, 6.07) is 13.8. The third-order valence-corrected chi connectivity index (χ3v) is 8.73. The second kappa shape index (κ2) is 12.7. The maximum Gasteiger partial charge on any atom is 0.339 e. The maximum absolute atomic E-state index is 12.7. The first-order chi connectivity index (χ1) is 18.7. The van der Waals surface area contributed by atoms with Crippen LogP contribution in [-0.2, 0) is 24.9 Å². The number of carbonyl (C=O) groups is 1. The zero-order valence-corrected chi connectivity index (χ0v) is 24.7. The largest absolute Gasteiger partial charge is 0.378 e. The number of carbonyl (C=O) groups excluding carboxylic acids is 1. The van der Waals surface area contributed by atoms with Crippen molar-refractivity contribution in [1.29, 1.82) is 0 Å². The number of hydrazone groups is 1. The van der Waals surface area contributed by atoms with Crippen LogP contribution in [0.15, 0.2) is 86.1 Å². The zero-order chi connectivity index (χ0) is 29.7. The molecule has 0 saturated heterocycles. The number of hydrogen-bond acceptors (Lipinski definition) is 9. The van der Waals surface area contributed by atoms with E-state index in [1.807, 2.05) is 6.92 Å². The van der Waals surface area contributed by atoms with Gasteiger partial charge in [0.05, 0.1) is 20.5 Å². The van der Waals surface area contributed by atoms with Gasteiger partial charge in [0.25, 0.3) is 11.6 Å². The monoisotopic (exact) mass is 652 g/mol. The molecule has 0 aliphatic carbocycles. The van der Waals surface area contributed by atoms with Crippen molar-refractivity contribution in [2.75, 3.05) is 0 Å². The number of non-ortho nitro benzene ring substituents is 1. The van der Waals surface area contributed by atoms with E-state index in [1.165, 1.54) is 48.7 Å². The van der Waals surface area contributed by atoms with Crippen molar-refractivity contribution in [3.63, 3.8) is 0 Å². The van der Waals surface area contributed by atoms with Crippen LogP contribution in [-0.4, -0.2) is 39.9 Å². The molecule has 12 nitrogen and oxygen atoms in total. The van der Waals surface area contributed by atoms with Crippen molar-refractivity contribution < 1.29 is 30.7 Å². The Morgan fingerprint density at radius 2 is 1.70 bits per heavy atom. The first-order valence-corrected chi connectivity index (χ1v) is 15.3. The Kier molecular flexibility index (Phi) is 9.78. The van der Waals surface area contributed by atoms with Gasteiger partial charge in [0.15, 0.2) is 5.75 Å². The molecule has 3 aromatic carbocycles. The molecule has 0 spiro atoms. The lowest BCUT2D eigenvalue weighted by Crippen LogP contribution is -2.48. The van der Waals surface area contributed by atoms with Crippen LogP contribution in [0.3, 0.4) is 0 Å². The number of hydrogen-bond donors (Lipinski definition) is 2. The molecule has 15 heteroatoms. The summed E-state index contributed by atoms with van der Waals surface area (Å²) in [5.41, 5.74) is 3.24. The minimum atomic E-state index is -4.37. The molecule has 40 heavy (non-hydrogen) atoms. The Bertz CT molecular complexity index is 1660. The summed E-state index contributed by atoms with van der Waals surface area (Å²) < 4.78 is 58.4. The predicted molar refractivity (Wildman–Crippen MR) is 151 cm³/mol. The van der Waals surface area contributed by atoms with Crippen molar-refractivity contribution in [2.45, 2.75) is 36.6 Å². The van der Waals surface area contributed by atoms with Gasteiger partial charge < -0.3 is 4.18 Å². The highest BCUT2D eigenvalue weighted by atomic mass is 79.9. The van der Waals surface area contributed by atoms with Crippen LogP contribution in [0.4, 0.5) is 5.69 Å². The fourth-order valence-corrected chi connectivity index (χ4v) is 6.19. The molecule has 1 atom stereocenters. The van der Waals surface area contributed by atoms with Gasteiger partial charge in [-0.3, -0.25) is 14.9 Å². The number of nitro benzene ring substituents is 1. The van der Waals surface area contributed by atoms with E-state index in [-0.39, 0.29) is 20.0 Å². The Balaban J connectivity index is 1.69. The molecule has 1 amide bonds. The van der Waals surface area contributed by atoms with Crippen LogP contribution in [0.2, 0.25) is 0 Å². The number of halogens is 1. The van der Waals surface area contributed by atoms with Crippen molar-refractivity contribution >= 4 is 53.9 Å². The lowest BCUT2D eigenvalue weighted by Gasteiger charge is -2.20. The molecule has 0 bridgehead atoms. The number of amides is 1. The Morgan fingerprint density at radius 1 is 1.02 bits per heavy atom. The SMILES string of the molecule is Cc1ccc(S(=O)(=O)N[C@@H](C(=O)N/N=C\c2ccc(OS(=O)(=O)c3cccc([N+](=O)[O-])c3)c(Br)c2)C(C)C)cc1. The second-order valence-electron chi connectivity index (χ2n) is 8.87. The van der Waals surface area contributed by atoms with Crippen LogP contribution in [0.1, 0.15) is 25.0 Å².